The van der Waals surface area contributed by atoms with Gasteiger partial charge in [0.05, 0.1) is 23.7 Å². The number of fused-ring (bicyclic) bond motifs is 1. The van der Waals surface area contributed by atoms with Crippen LogP contribution in [-0.4, -0.2) is 41.4 Å². The topological polar surface area (TPSA) is 124 Å². The van der Waals surface area contributed by atoms with Crippen LogP contribution < -0.4 is 26.5 Å². The molecule has 1 atom stereocenters. The molecule has 1 aromatic heterocycles. The van der Waals surface area contributed by atoms with Gasteiger partial charge in [-0.15, -0.1) is 0 Å². The van der Waals surface area contributed by atoms with Crippen LogP contribution in [0, 0.1) is 11.7 Å². The Balaban J connectivity index is 2.01. The summed E-state index contributed by atoms with van der Waals surface area (Å²) in [6.07, 6.45) is 3.78. The van der Waals surface area contributed by atoms with E-state index in [1.807, 2.05) is 18.7 Å². The molecule has 30 heavy (non-hydrogen) atoms. The molecule has 4 rings (SSSR count). The van der Waals surface area contributed by atoms with Crippen LogP contribution in [0.1, 0.15) is 49.5 Å². The number of carboxylic acids is 1. The number of nitrogens with two attached hydrogens (primary N) is 2. The monoisotopic (exact) mass is 418 g/mol. The molecule has 2 heterocycles. The van der Waals surface area contributed by atoms with Crippen LogP contribution >= 0.6 is 0 Å². The lowest BCUT2D eigenvalue weighted by atomic mass is 9.88. The van der Waals surface area contributed by atoms with Gasteiger partial charge in [0.1, 0.15) is 11.3 Å². The molecule has 0 radical (unpaired) electrons. The fraction of sp³-hybridized carbons (Fsp3) is 0.524. The molecule has 1 aliphatic heterocycles. The van der Waals surface area contributed by atoms with Gasteiger partial charge in [-0.1, -0.05) is 0 Å². The van der Waals surface area contributed by atoms with Gasteiger partial charge >= 0.3 is 5.97 Å². The Bertz CT molecular complexity index is 1100. The van der Waals surface area contributed by atoms with Crippen LogP contribution in [0.25, 0.3) is 10.9 Å². The molecule has 0 unspecified atom stereocenters. The lowest BCUT2D eigenvalue weighted by molar-refractivity contribution is 0.0695. The Labute approximate surface area is 173 Å². The van der Waals surface area contributed by atoms with Crippen LogP contribution in [0.5, 0.6) is 5.75 Å². The van der Waals surface area contributed by atoms with Crippen molar-refractivity contribution in [2.45, 2.75) is 44.7 Å². The molecule has 2 aromatic rings. The molecule has 1 saturated carbocycles. The van der Waals surface area contributed by atoms with Crippen molar-refractivity contribution in [3.8, 4) is 5.75 Å². The predicted octanol–water partition coefficient (Wildman–Crippen LogP) is 2.33. The number of carbonyl (C=O) groups is 1. The highest BCUT2D eigenvalue weighted by Gasteiger charge is 2.37. The van der Waals surface area contributed by atoms with Crippen molar-refractivity contribution in [1.82, 2.24) is 4.57 Å². The summed E-state index contributed by atoms with van der Waals surface area (Å²) in [6.45, 7) is 5.00. The number of pyridine rings is 1. The number of anilines is 2. The molecule has 2 aliphatic rings. The van der Waals surface area contributed by atoms with Crippen molar-refractivity contribution >= 4 is 28.2 Å². The molecule has 162 valence electrons. The van der Waals surface area contributed by atoms with Crippen molar-refractivity contribution in [3.05, 3.63) is 27.8 Å². The Kier molecular flexibility index (Phi) is 4.68. The van der Waals surface area contributed by atoms with Gasteiger partial charge in [-0.2, -0.15) is 0 Å². The number of halogens is 1. The van der Waals surface area contributed by atoms with Gasteiger partial charge in [-0.25, -0.2) is 9.18 Å². The van der Waals surface area contributed by atoms with Gasteiger partial charge in [0.15, 0.2) is 11.6 Å². The maximum Gasteiger partial charge on any atom is 0.341 e. The molecule has 0 amide bonds. The zero-order chi connectivity index (χ0) is 22.0. The summed E-state index contributed by atoms with van der Waals surface area (Å²) in [7, 11) is 1.42. The minimum absolute atomic E-state index is 0.0205. The predicted molar refractivity (Wildman–Crippen MR) is 113 cm³/mol. The minimum atomic E-state index is -1.37. The fourth-order valence-electron chi connectivity index (χ4n) is 4.40. The zero-order valence-corrected chi connectivity index (χ0v) is 17.4. The lowest BCUT2D eigenvalue weighted by Gasteiger charge is -2.29. The summed E-state index contributed by atoms with van der Waals surface area (Å²) in [4.78, 5) is 26.4. The first-order chi connectivity index (χ1) is 14.1. The number of rotatable bonds is 5. The Morgan fingerprint density at radius 2 is 2.00 bits per heavy atom. The van der Waals surface area contributed by atoms with E-state index in [1.54, 1.807) is 4.57 Å². The van der Waals surface area contributed by atoms with E-state index >= 15 is 4.39 Å². The molecule has 0 bridgehead atoms. The van der Waals surface area contributed by atoms with Crippen LogP contribution in [-0.2, 0) is 0 Å². The number of benzene rings is 1. The first-order valence-electron chi connectivity index (χ1n) is 10.1. The minimum Gasteiger partial charge on any atom is -0.492 e. The van der Waals surface area contributed by atoms with Crippen molar-refractivity contribution < 1.29 is 19.0 Å². The molecule has 0 spiro atoms. The van der Waals surface area contributed by atoms with Crippen LogP contribution in [0.4, 0.5) is 15.8 Å². The fourth-order valence-corrected chi connectivity index (χ4v) is 4.40. The first-order valence-corrected chi connectivity index (χ1v) is 10.1. The van der Waals surface area contributed by atoms with E-state index in [0.717, 1.165) is 19.3 Å². The van der Waals surface area contributed by atoms with E-state index < -0.39 is 28.3 Å². The summed E-state index contributed by atoms with van der Waals surface area (Å²) in [5.41, 5.74) is 10.9. The number of hydrogen-bond donors (Lipinski definition) is 3. The summed E-state index contributed by atoms with van der Waals surface area (Å²) < 4.78 is 22.9. The number of carboxylic acid groups (broad SMARTS) is 1. The highest BCUT2D eigenvalue weighted by Crippen LogP contribution is 2.47. The van der Waals surface area contributed by atoms with Crippen molar-refractivity contribution in [3.63, 3.8) is 0 Å². The molecular formula is C21H27FN4O4. The summed E-state index contributed by atoms with van der Waals surface area (Å²) in [5.74, 6) is -1.78. The largest absolute Gasteiger partial charge is 0.492 e. The molecule has 5 N–H and O–H groups in total. The molecule has 1 aliphatic carbocycles. The third kappa shape index (κ3) is 3.08. The van der Waals surface area contributed by atoms with E-state index in [0.29, 0.717) is 18.6 Å². The van der Waals surface area contributed by atoms with Gasteiger partial charge in [0.25, 0.3) is 0 Å². The zero-order valence-electron chi connectivity index (χ0n) is 17.4. The standard InChI is InChI=1S/C21H27FN4O4/c1-21(2,24)10-6-7-25(8-10)17-14(22)15(23)13-16(19(17)30-3)26(11-4-5-11)9-12(18(13)27)20(28)29/h9-11H,4-8,23-24H2,1-3H3,(H,28,29)/t10-/m0/s1. The first kappa shape index (κ1) is 20.5. The normalized spacial score (nSPS) is 19.5. The SMILES string of the molecule is COc1c(N2CC[C@H](C(C)(C)N)C2)c(F)c(N)c2c(=O)c(C(=O)O)cn(C3CC3)c12. The maximum absolute atomic E-state index is 15.5. The Hall–Kier alpha value is -2.81. The van der Waals surface area contributed by atoms with Crippen molar-refractivity contribution in [2.75, 3.05) is 30.8 Å². The smallest absolute Gasteiger partial charge is 0.341 e. The van der Waals surface area contributed by atoms with E-state index in [4.69, 9.17) is 16.2 Å². The number of aromatic nitrogens is 1. The second-order valence-electron chi connectivity index (χ2n) is 8.90. The number of methoxy groups -OCH3 is 1. The lowest BCUT2D eigenvalue weighted by Crippen LogP contribution is -2.42. The molecular weight excluding hydrogens is 391 g/mol. The highest BCUT2D eigenvalue weighted by molar-refractivity contribution is 6.03. The number of nitrogens with zero attached hydrogens (tertiary/aromatic N) is 2. The average molecular weight is 418 g/mol. The van der Waals surface area contributed by atoms with E-state index in [9.17, 15) is 14.7 Å². The van der Waals surface area contributed by atoms with Crippen molar-refractivity contribution in [2.24, 2.45) is 11.7 Å². The van der Waals surface area contributed by atoms with Gasteiger partial charge in [-0.3, -0.25) is 4.79 Å². The highest BCUT2D eigenvalue weighted by atomic mass is 19.1. The van der Waals surface area contributed by atoms with E-state index in [1.165, 1.54) is 13.3 Å². The molecule has 8 nitrogen and oxygen atoms in total. The number of nitrogen functional groups attached to an aromatic ring is 1. The summed E-state index contributed by atoms with van der Waals surface area (Å²) >= 11 is 0. The molecule has 1 aromatic carbocycles. The maximum atomic E-state index is 15.5. The number of hydrogen-bond acceptors (Lipinski definition) is 6. The van der Waals surface area contributed by atoms with Gasteiger partial charge in [-0.05, 0) is 39.0 Å². The van der Waals surface area contributed by atoms with Crippen LogP contribution in [0.3, 0.4) is 0 Å². The third-order valence-electron chi connectivity index (χ3n) is 6.31. The van der Waals surface area contributed by atoms with Gasteiger partial charge in [0.2, 0.25) is 5.43 Å². The number of aromatic carboxylic acids is 1. The Morgan fingerprint density at radius 1 is 1.33 bits per heavy atom. The molecule has 1 saturated heterocycles. The van der Waals surface area contributed by atoms with E-state index in [2.05, 4.69) is 0 Å². The number of ether oxygens (including phenoxy) is 1. The second kappa shape index (κ2) is 6.87. The second-order valence-corrected chi connectivity index (χ2v) is 8.90. The summed E-state index contributed by atoms with van der Waals surface area (Å²) in [5, 5.41) is 9.33. The third-order valence-corrected chi connectivity index (χ3v) is 6.31. The molecule has 9 heteroatoms. The summed E-state index contributed by atoms with van der Waals surface area (Å²) in [6, 6.07) is 0.0205. The van der Waals surface area contributed by atoms with Crippen LogP contribution in [0.15, 0.2) is 11.0 Å². The average Bonchev–Trinajstić information content (AvgIpc) is 3.38. The van der Waals surface area contributed by atoms with Crippen LogP contribution in [0.2, 0.25) is 0 Å². The molecule has 2 fully saturated rings. The quantitative estimate of drug-likeness (QED) is 0.637. The Morgan fingerprint density at radius 3 is 2.50 bits per heavy atom. The van der Waals surface area contributed by atoms with Crippen molar-refractivity contribution in [1.29, 1.82) is 0 Å². The van der Waals surface area contributed by atoms with E-state index in [-0.39, 0.29) is 34.5 Å². The van der Waals surface area contributed by atoms with Gasteiger partial charge < -0.3 is 30.8 Å². The van der Waals surface area contributed by atoms with Gasteiger partial charge in [0, 0.05) is 30.9 Å².